The Morgan fingerprint density at radius 2 is 2.00 bits per heavy atom. The number of rotatable bonds is 5. The van der Waals surface area contributed by atoms with E-state index in [1.807, 2.05) is 6.07 Å². The van der Waals surface area contributed by atoms with Crippen LogP contribution in [0.5, 0.6) is 0 Å². The molecule has 0 radical (unpaired) electrons. The zero-order valence-corrected chi connectivity index (χ0v) is 11.3. The predicted octanol–water partition coefficient (Wildman–Crippen LogP) is 2.52. The van der Waals surface area contributed by atoms with E-state index in [4.69, 9.17) is 5.26 Å². The summed E-state index contributed by atoms with van der Waals surface area (Å²) in [5.41, 5.74) is 1.39. The van der Waals surface area contributed by atoms with Crippen LogP contribution >= 0.6 is 0 Å². The number of nitrogens with one attached hydrogen (secondary N) is 2. The molecule has 106 valence electrons. The Morgan fingerprint density at radius 1 is 1.29 bits per heavy atom. The van der Waals surface area contributed by atoms with E-state index in [1.54, 1.807) is 37.4 Å². The van der Waals surface area contributed by atoms with E-state index in [1.165, 1.54) is 6.07 Å². The van der Waals surface area contributed by atoms with E-state index in [2.05, 4.69) is 15.6 Å². The number of hydrogen-bond donors (Lipinski definition) is 2. The molecule has 2 rings (SSSR count). The standard InChI is InChI=1S/C14H13N5O2/c1-16-13-7-6-12(19(20)21)14(18-13)17-9-11-4-2-10(8-15)3-5-11/h2-7H,9H2,1H3,(H2,16,17,18). The summed E-state index contributed by atoms with van der Waals surface area (Å²) in [5, 5.41) is 25.5. The molecule has 7 heteroatoms. The lowest BCUT2D eigenvalue weighted by molar-refractivity contribution is -0.384. The van der Waals surface area contributed by atoms with Crippen LogP contribution in [-0.2, 0) is 6.54 Å². The zero-order valence-electron chi connectivity index (χ0n) is 11.3. The second-order valence-electron chi connectivity index (χ2n) is 4.23. The molecular weight excluding hydrogens is 270 g/mol. The summed E-state index contributed by atoms with van der Waals surface area (Å²) in [7, 11) is 1.69. The number of anilines is 2. The van der Waals surface area contributed by atoms with Crippen molar-refractivity contribution in [2.24, 2.45) is 0 Å². The molecule has 0 saturated carbocycles. The van der Waals surface area contributed by atoms with Gasteiger partial charge in [-0.1, -0.05) is 12.1 Å². The van der Waals surface area contributed by atoms with Gasteiger partial charge in [0.05, 0.1) is 16.6 Å². The van der Waals surface area contributed by atoms with Crippen molar-refractivity contribution in [3.63, 3.8) is 0 Å². The maximum atomic E-state index is 11.0. The van der Waals surface area contributed by atoms with Crippen LogP contribution in [0.2, 0.25) is 0 Å². The lowest BCUT2D eigenvalue weighted by atomic mass is 10.1. The normalized spacial score (nSPS) is 9.71. The highest BCUT2D eigenvalue weighted by Crippen LogP contribution is 2.24. The van der Waals surface area contributed by atoms with Gasteiger partial charge in [-0.05, 0) is 23.8 Å². The van der Waals surface area contributed by atoms with Gasteiger partial charge in [-0.3, -0.25) is 10.1 Å². The van der Waals surface area contributed by atoms with Gasteiger partial charge in [0.1, 0.15) is 5.82 Å². The minimum atomic E-state index is -0.479. The van der Waals surface area contributed by atoms with Crippen LogP contribution in [0.25, 0.3) is 0 Å². The van der Waals surface area contributed by atoms with Crippen LogP contribution in [0, 0.1) is 21.4 Å². The molecule has 1 heterocycles. The number of nitrogens with zero attached hydrogens (tertiary/aromatic N) is 3. The van der Waals surface area contributed by atoms with Crippen molar-refractivity contribution in [1.82, 2.24) is 4.98 Å². The van der Waals surface area contributed by atoms with Crippen LogP contribution in [0.15, 0.2) is 36.4 Å². The summed E-state index contributed by atoms with van der Waals surface area (Å²) in [6, 6.07) is 12.0. The number of pyridine rings is 1. The first-order valence-corrected chi connectivity index (χ1v) is 6.20. The average Bonchev–Trinajstić information content (AvgIpc) is 2.52. The minimum absolute atomic E-state index is 0.0809. The molecule has 0 aliphatic heterocycles. The van der Waals surface area contributed by atoms with Crippen LogP contribution in [-0.4, -0.2) is 17.0 Å². The lowest BCUT2D eigenvalue weighted by Crippen LogP contribution is -2.06. The summed E-state index contributed by atoms with van der Waals surface area (Å²) in [6.07, 6.45) is 0. The van der Waals surface area contributed by atoms with Gasteiger partial charge in [0.2, 0.25) is 5.82 Å². The topological polar surface area (TPSA) is 104 Å². The monoisotopic (exact) mass is 283 g/mol. The van der Waals surface area contributed by atoms with Gasteiger partial charge in [0.25, 0.3) is 0 Å². The summed E-state index contributed by atoms with van der Waals surface area (Å²) < 4.78 is 0. The van der Waals surface area contributed by atoms with Gasteiger partial charge in [-0.25, -0.2) is 4.98 Å². The Labute approximate surface area is 121 Å². The van der Waals surface area contributed by atoms with Crippen LogP contribution in [0.4, 0.5) is 17.3 Å². The first kappa shape index (κ1) is 14.3. The van der Waals surface area contributed by atoms with E-state index >= 15 is 0 Å². The molecule has 2 N–H and O–H groups in total. The first-order valence-electron chi connectivity index (χ1n) is 6.20. The largest absolute Gasteiger partial charge is 0.373 e. The van der Waals surface area contributed by atoms with Gasteiger partial charge >= 0.3 is 5.69 Å². The molecular formula is C14H13N5O2. The Kier molecular flexibility index (Phi) is 4.31. The van der Waals surface area contributed by atoms with Gasteiger partial charge in [-0.2, -0.15) is 5.26 Å². The molecule has 2 aromatic rings. The molecule has 7 nitrogen and oxygen atoms in total. The van der Waals surface area contributed by atoms with Crippen molar-refractivity contribution >= 4 is 17.3 Å². The van der Waals surface area contributed by atoms with Gasteiger partial charge < -0.3 is 10.6 Å². The van der Waals surface area contributed by atoms with Crippen LogP contribution in [0.3, 0.4) is 0 Å². The molecule has 0 aliphatic carbocycles. The van der Waals surface area contributed by atoms with E-state index in [0.29, 0.717) is 17.9 Å². The number of nitriles is 1. The van der Waals surface area contributed by atoms with E-state index in [-0.39, 0.29) is 11.5 Å². The summed E-state index contributed by atoms with van der Waals surface area (Å²) in [6.45, 7) is 0.382. The minimum Gasteiger partial charge on any atom is -0.373 e. The third-order valence-electron chi connectivity index (χ3n) is 2.87. The van der Waals surface area contributed by atoms with Crippen molar-refractivity contribution in [2.75, 3.05) is 17.7 Å². The quantitative estimate of drug-likeness (QED) is 0.645. The van der Waals surface area contributed by atoms with E-state index in [9.17, 15) is 10.1 Å². The second kappa shape index (κ2) is 6.34. The fraction of sp³-hybridized carbons (Fsp3) is 0.143. The second-order valence-corrected chi connectivity index (χ2v) is 4.23. The molecule has 0 bridgehead atoms. The Hall–Kier alpha value is -3.14. The van der Waals surface area contributed by atoms with Crippen molar-refractivity contribution < 1.29 is 4.92 Å². The molecule has 0 fully saturated rings. The average molecular weight is 283 g/mol. The zero-order chi connectivity index (χ0) is 15.2. The maximum absolute atomic E-state index is 11.0. The number of aromatic nitrogens is 1. The SMILES string of the molecule is CNc1ccc([N+](=O)[O-])c(NCc2ccc(C#N)cc2)n1. The molecule has 0 aliphatic rings. The Balaban J connectivity index is 2.17. The van der Waals surface area contributed by atoms with Gasteiger partial charge in [0.15, 0.2) is 0 Å². The van der Waals surface area contributed by atoms with Gasteiger partial charge in [0, 0.05) is 19.7 Å². The molecule has 0 spiro atoms. The molecule has 1 aromatic carbocycles. The highest BCUT2D eigenvalue weighted by Gasteiger charge is 2.15. The molecule has 0 unspecified atom stereocenters. The fourth-order valence-electron chi connectivity index (χ4n) is 1.75. The molecule has 0 atom stereocenters. The molecule has 21 heavy (non-hydrogen) atoms. The predicted molar refractivity (Wildman–Crippen MR) is 78.9 cm³/mol. The van der Waals surface area contributed by atoms with Crippen LogP contribution < -0.4 is 10.6 Å². The molecule has 1 aromatic heterocycles. The summed E-state index contributed by atoms with van der Waals surface area (Å²) in [4.78, 5) is 14.7. The summed E-state index contributed by atoms with van der Waals surface area (Å²) in [5.74, 6) is 0.749. The summed E-state index contributed by atoms with van der Waals surface area (Å²) >= 11 is 0. The Bertz CT molecular complexity index is 692. The van der Waals surface area contributed by atoms with Crippen molar-refractivity contribution in [3.05, 3.63) is 57.6 Å². The van der Waals surface area contributed by atoms with Crippen molar-refractivity contribution in [3.8, 4) is 6.07 Å². The maximum Gasteiger partial charge on any atom is 0.311 e. The van der Waals surface area contributed by atoms with Crippen molar-refractivity contribution in [2.45, 2.75) is 6.54 Å². The fourth-order valence-corrected chi connectivity index (χ4v) is 1.75. The van der Waals surface area contributed by atoms with Crippen LogP contribution in [0.1, 0.15) is 11.1 Å². The van der Waals surface area contributed by atoms with Crippen molar-refractivity contribution in [1.29, 1.82) is 5.26 Å². The smallest absolute Gasteiger partial charge is 0.311 e. The lowest BCUT2D eigenvalue weighted by Gasteiger charge is -2.08. The number of hydrogen-bond acceptors (Lipinski definition) is 6. The highest BCUT2D eigenvalue weighted by molar-refractivity contribution is 5.60. The number of benzene rings is 1. The number of nitro groups is 1. The molecule has 0 saturated heterocycles. The van der Waals surface area contributed by atoms with Gasteiger partial charge in [-0.15, -0.1) is 0 Å². The van der Waals surface area contributed by atoms with E-state index in [0.717, 1.165) is 5.56 Å². The van der Waals surface area contributed by atoms with E-state index < -0.39 is 4.92 Å². The molecule has 0 amide bonds. The first-order chi connectivity index (χ1) is 10.1. The highest BCUT2D eigenvalue weighted by atomic mass is 16.6. The third-order valence-corrected chi connectivity index (χ3v) is 2.87. The Morgan fingerprint density at radius 3 is 2.57 bits per heavy atom. The third kappa shape index (κ3) is 3.45.